The van der Waals surface area contributed by atoms with E-state index in [9.17, 15) is 4.79 Å². The van der Waals surface area contributed by atoms with E-state index in [2.05, 4.69) is 39.9 Å². The molecule has 0 atom stereocenters. The van der Waals surface area contributed by atoms with Crippen molar-refractivity contribution in [3.63, 3.8) is 0 Å². The van der Waals surface area contributed by atoms with Crippen LogP contribution in [-0.2, 0) is 11.3 Å². The van der Waals surface area contributed by atoms with Gasteiger partial charge in [-0.25, -0.2) is 0 Å². The van der Waals surface area contributed by atoms with Gasteiger partial charge in [0.05, 0.1) is 18.0 Å². The minimum absolute atomic E-state index is 0.181. The third-order valence-electron chi connectivity index (χ3n) is 2.62. The molecule has 0 spiro atoms. The Hall–Kier alpha value is -1.25. The molecule has 2 aromatic heterocycles. The number of hydrogen-bond acceptors (Lipinski definition) is 6. The van der Waals surface area contributed by atoms with E-state index in [-0.39, 0.29) is 12.5 Å². The van der Waals surface area contributed by atoms with Crippen LogP contribution in [0.5, 0.6) is 0 Å². The van der Waals surface area contributed by atoms with Gasteiger partial charge in [0.25, 0.3) is 0 Å². The molecule has 0 aliphatic heterocycles. The highest BCUT2D eigenvalue weighted by Gasteiger charge is 2.16. The van der Waals surface area contributed by atoms with Crippen LogP contribution in [0.15, 0.2) is 20.4 Å². The number of halogens is 1. The number of hydrogen-bond donors (Lipinski definition) is 1. The first-order valence-electron chi connectivity index (χ1n) is 6.51. The van der Waals surface area contributed by atoms with E-state index in [4.69, 9.17) is 10.3 Å². The van der Waals surface area contributed by atoms with E-state index in [1.807, 2.05) is 16.3 Å². The fourth-order valence-corrected chi connectivity index (χ4v) is 3.31. The predicted molar refractivity (Wildman–Crippen MR) is 84.6 cm³/mol. The molecule has 6 nitrogen and oxygen atoms in total. The molecule has 114 valence electrons. The zero-order chi connectivity index (χ0) is 15.4. The van der Waals surface area contributed by atoms with E-state index in [1.165, 1.54) is 11.3 Å². The number of aromatic nitrogens is 2. The minimum Gasteiger partial charge on any atom is -0.369 e. The fourth-order valence-electron chi connectivity index (χ4n) is 1.96. The van der Waals surface area contributed by atoms with Crippen molar-refractivity contribution in [3.8, 4) is 10.7 Å². The van der Waals surface area contributed by atoms with Crippen molar-refractivity contribution < 1.29 is 9.32 Å². The molecule has 2 N–H and O–H groups in total. The first-order valence-corrected chi connectivity index (χ1v) is 8.19. The van der Waals surface area contributed by atoms with Crippen LogP contribution >= 0.6 is 27.3 Å². The van der Waals surface area contributed by atoms with E-state index in [0.717, 1.165) is 15.9 Å². The number of nitrogens with zero attached hydrogens (tertiary/aromatic N) is 3. The Morgan fingerprint density at radius 1 is 1.57 bits per heavy atom. The summed E-state index contributed by atoms with van der Waals surface area (Å²) in [4.78, 5) is 18.3. The van der Waals surface area contributed by atoms with Crippen molar-refractivity contribution in [2.45, 2.75) is 20.4 Å². The van der Waals surface area contributed by atoms with Crippen molar-refractivity contribution >= 4 is 33.2 Å². The normalized spacial score (nSPS) is 11.5. The Balaban J connectivity index is 2.07. The van der Waals surface area contributed by atoms with Crippen molar-refractivity contribution in [2.24, 2.45) is 11.7 Å². The Morgan fingerprint density at radius 3 is 2.90 bits per heavy atom. The maximum Gasteiger partial charge on any atom is 0.241 e. The summed E-state index contributed by atoms with van der Waals surface area (Å²) in [7, 11) is 0. The van der Waals surface area contributed by atoms with Crippen LogP contribution in [0.3, 0.4) is 0 Å². The zero-order valence-corrected chi connectivity index (χ0v) is 14.3. The molecule has 0 saturated heterocycles. The average molecular weight is 373 g/mol. The number of amides is 1. The lowest BCUT2D eigenvalue weighted by atomic mass is 10.2. The smallest absolute Gasteiger partial charge is 0.241 e. The van der Waals surface area contributed by atoms with Gasteiger partial charge in [0.15, 0.2) is 0 Å². The van der Waals surface area contributed by atoms with Gasteiger partial charge in [-0.15, -0.1) is 11.3 Å². The minimum atomic E-state index is -0.363. The predicted octanol–water partition coefficient (Wildman–Crippen LogP) is 2.50. The standard InChI is InChI=1S/C13H17BrN4O2S/c1-8(2)4-18(5-11(15)19)6-12-16-13(17-20-12)10-3-9(14)7-21-10/h3,7-8H,4-6H2,1-2H3,(H2,15,19). The largest absolute Gasteiger partial charge is 0.369 e. The summed E-state index contributed by atoms with van der Waals surface area (Å²) in [5, 5.41) is 5.93. The van der Waals surface area contributed by atoms with Gasteiger partial charge < -0.3 is 10.3 Å². The van der Waals surface area contributed by atoms with Crippen LogP contribution in [0.1, 0.15) is 19.7 Å². The molecule has 0 aromatic carbocycles. The molecule has 2 heterocycles. The highest BCUT2D eigenvalue weighted by Crippen LogP contribution is 2.27. The van der Waals surface area contributed by atoms with Gasteiger partial charge in [-0.3, -0.25) is 9.69 Å². The second-order valence-corrected chi connectivity index (χ2v) is 7.00. The van der Waals surface area contributed by atoms with E-state index in [0.29, 0.717) is 24.2 Å². The topological polar surface area (TPSA) is 85.2 Å². The molecule has 0 fully saturated rings. The first-order chi connectivity index (χ1) is 9.94. The van der Waals surface area contributed by atoms with Gasteiger partial charge in [0.2, 0.25) is 17.6 Å². The lowest BCUT2D eigenvalue weighted by Crippen LogP contribution is -2.35. The van der Waals surface area contributed by atoms with Crippen LogP contribution in [0.25, 0.3) is 10.7 Å². The molecule has 2 aromatic rings. The Bertz CT molecular complexity index is 611. The van der Waals surface area contributed by atoms with Gasteiger partial charge in [0.1, 0.15) is 0 Å². The van der Waals surface area contributed by atoms with Gasteiger partial charge in [-0.2, -0.15) is 4.98 Å². The van der Waals surface area contributed by atoms with Gasteiger partial charge in [-0.05, 0) is 27.9 Å². The molecular weight excluding hydrogens is 356 g/mol. The van der Waals surface area contributed by atoms with Gasteiger partial charge in [-0.1, -0.05) is 19.0 Å². The van der Waals surface area contributed by atoms with Crippen molar-refractivity contribution in [2.75, 3.05) is 13.1 Å². The van der Waals surface area contributed by atoms with E-state index in [1.54, 1.807) is 0 Å². The maximum absolute atomic E-state index is 11.1. The lowest BCUT2D eigenvalue weighted by Gasteiger charge is -2.20. The molecule has 0 radical (unpaired) electrons. The number of primary amides is 1. The summed E-state index contributed by atoms with van der Waals surface area (Å²) in [6.07, 6.45) is 0. The third-order valence-corrected chi connectivity index (χ3v) is 4.30. The summed E-state index contributed by atoms with van der Waals surface area (Å²) in [6, 6.07) is 1.94. The molecule has 21 heavy (non-hydrogen) atoms. The van der Waals surface area contributed by atoms with Crippen molar-refractivity contribution in [1.82, 2.24) is 15.0 Å². The van der Waals surface area contributed by atoms with E-state index >= 15 is 0 Å². The number of thiophene rings is 1. The van der Waals surface area contributed by atoms with Gasteiger partial charge in [0, 0.05) is 16.4 Å². The van der Waals surface area contributed by atoms with Crippen LogP contribution in [0.4, 0.5) is 0 Å². The number of rotatable bonds is 7. The molecule has 0 saturated carbocycles. The molecule has 2 rings (SSSR count). The Kier molecular flexibility index (Phi) is 5.49. The average Bonchev–Trinajstić information content (AvgIpc) is 2.96. The quantitative estimate of drug-likeness (QED) is 0.806. The molecule has 0 aliphatic rings. The van der Waals surface area contributed by atoms with Crippen LogP contribution < -0.4 is 5.73 Å². The molecule has 0 bridgehead atoms. The second-order valence-electron chi connectivity index (χ2n) is 5.17. The number of carbonyl (C=O) groups excluding carboxylic acids is 1. The first kappa shape index (κ1) is 16.1. The summed E-state index contributed by atoms with van der Waals surface area (Å²) in [6.45, 7) is 5.50. The maximum atomic E-state index is 11.1. The van der Waals surface area contributed by atoms with Crippen LogP contribution in [0.2, 0.25) is 0 Å². The SMILES string of the molecule is CC(C)CN(CC(N)=O)Cc1nc(-c2cc(Br)cs2)no1. The second kappa shape index (κ2) is 7.15. The highest BCUT2D eigenvalue weighted by molar-refractivity contribution is 9.10. The van der Waals surface area contributed by atoms with Crippen LogP contribution in [0, 0.1) is 5.92 Å². The Morgan fingerprint density at radius 2 is 2.33 bits per heavy atom. The molecule has 1 amide bonds. The molecular formula is C13H17BrN4O2S. The molecule has 0 unspecified atom stereocenters. The van der Waals surface area contributed by atoms with E-state index < -0.39 is 0 Å². The number of nitrogens with two attached hydrogens (primary N) is 1. The highest BCUT2D eigenvalue weighted by atomic mass is 79.9. The monoisotopic (exact) mass is 372 g/mol. The summed E-state index contributed by atoms with van der Waals surface area (Å²) < 4.78 is 6.25. The number of carbonyl (C=O) groups is 1. The van der Waals surface area contributed by atoms with Crippen molar-refractivity contribution in [1.29, 1.82) is 0 Å². The molecule has 0 aliphatic carbocycles. The molecule has 8 heteroatoms. The lowest BCUT2D eigenvalue weighted by molar-refractivity contribution is -0.119. The van der Waals surface area contributed by atoms with Gasteiger partial charge >= 0.3 is 0 Å². The summed E-state index contributed by atoms with van der Waals surface area (Å²) in [5.41, 5.74) is 5.27. The third kappa shape index (κ3) is 4.90. The fraction of sp³-hybridized carbons (Fsp3) is 0.462. The van der Waals surface area contributed by atoms with Crippen LogP contribution in [-0.4, -0.2) is 34.0 Å². The van der Waals surface area contributed by atoms with Crippen molar-refractivity contribution in [3.05, 3.63) is 21.8 Å². The summed E-state index contributed by atoms with van der Waals surface area (Å²) in [5.74, 6) is 1.10. The zero-order valence-electron chi connectivity index (χ0n) is 11.9. The Labute approximate surface area is 135 Å². The summed E-state index contributed by atoms with van der Waals surface area (Å²) >= 11 is 4.93.